The van der Waals surface area contributed by atoms with Gasteiger partial charge >= 0.3 is 0 Å². The summed E-state index contributed by atoms with van der Waals surface area (Å²) in [5.41, 5.74) is 0. The molecule has 0 heterocycles. The Morgan fingerprint density at radius 2 is 1.57 bits per heavy atom. The average Bonchev–Trinajstić information content (AvgIpc) is 2.23. The molecule has 2 saturated carbocycles. The molecule has 4 unspecified atom stereocenters. The van der Waals surface area contributed by atoms with Crippen LogP contribution in [0.25, 0.3) is 0 Å². The summed E-state index contributed by atoms with van der Waals surface area (Å²) in [6.07, 6.45) is 3.60. The average molecular weight is 389 g/mol. The van der Waals surface area contributed by atoms with Gasteiger partial charge in [0.25, 0.3) is 0 Å². The Balaban J connectivity index is 2.15. The molecule has 2 aliphatic rings. The van der Waals surface area contributed by atoms with E-state index in [0.717, 1.165) is 11.2 Å². The van der Waals surface area contributed by atoms with E-state index in [4.69, 9.17) is 0 Å². The lowest BCUT2D eigenvalue weighted by Gasteiger charge is -2.43. The van der Waals surface area contributed by atoms with Crippen LogP contribution in [-0.2, 0) is 4.79 Å². The minimum atomic E-state index is 0.0879. The summed E-state index contributed by atoms with van der Waals surface area (Å²) in [6, 6.07) is 0. The van der Waals surface area contributed by atoms with Crippen LogP contribution in [0.3, 0.4) is 0 Å². The molecule has 0 aromatic heterocycles. The summed E-state index contributed by atoms with van der Waals surface area (Å²) >= 11 is 10.6. The molecule has 2 rings (SSSR count). The van der Waals surface area contributed by atoms with Gasteiger partial charge in [0.2, 0.25) is 0 Å². The number of hydrogen-bond acceptors (Lipinski definition) is 1. The first-order valence-electron chi connectivity index (χ1n) is 5.01. The maximum absolute atomic E-state index is 11.8. The number of Topliss-reactive ketones (excluding diaryl/α,β-unsaturated/α-hetero) is 1. The second kappa shape index (κ2) is 4.54. The highest BCUT2D eigenvalue weighted by Crippen LogP contribution is 2.46. The molecule has 0 radical (unpaired) electrons. The molecular formula is C10H13Br3O. The first kappa shape index (κ1) is 11.6. The van der Waals surface area contributed by atoms with Crippen molar-refractivity contribution in [2.45, 2.75) is 28.9 Å². The van der Waals surface area contributed by atoms with Gasteiger partial charge in [-0.3, -0.25) is 4.79 Å². The highest BCUT2D eigenvalue weighted by molar-refractivity contribution is 9.10. The zero-order chi connectivity index (χ0) is 10.3. The number of rotatable bonds is 1. The van der Waals surface area contributed by atoms with Crippen molar-refractivity contribution in [3.8, 4) is 0 Å². The van der Waals surface area contributed by atoms with Gasteiger partial charge in [-0.2, -0.15) is 0 Å². The second-order valence-electron chi connectivity index (χ2n) is 4.45. The fourth-order valence-electron chi connectivity index (χ4n) is 2.75. The van der Waals surface area contributed by atoms with Gasteiger partial charge < -0.3 is 0 Å². The van der Waals surface area contributed by atoms with Crippen LogP contribution in [0.5, 0.6) is 0 Å². The van der Waals surface area contributed by atoms with Crippen LogP contribution in [0, 0.1) is 17.8 Å². The largest absolute Gasteiger partial charge is 0.297 e. The first-order chi connectivity index (χ1) is 6.63. The minimum Gasteiger partial charge on any atom is -0.297 e. The number of halogens is 3. The van der Waals surface area contributed by atoms with Gasteiger partial charge in [-0.15, -0.1) is 0 Å². The van der Waals surface area contributed by atoms with Gasteiger partial charge in [0.15, 0.2) is 5.78 Å². The van der Waals surface area contributed by atoms with Crippen LogP contribution in [-0.4, -0.2) is 20.8 Å². The van der Waals surface area contributed by atoms with Crippen molar-refractivity contribution in [1.82, 2.24) is 0 Å². The molecule has 0 amide bonds. The molecule has 0 aromatic carbocycles. The monoisotopic (exact) mass is 386 g/mol. The maximum Gasteiger partial charge on any atom is 0.160 e. The molecule has 2 aliphatic carbocycles. The van der Waals surface area contributed by atoms with Crippen molar-refractivity contribution in [2.24, 2.45) is 17.8 Å². The van der Waals surface area contributed by atoms with Crippen LogP contribution in [0.2, 0.25) is 0 Å². The van der Waals surface area contributed by atoms with E-state index in [2.05, 4.69) is 47.8 Å². The van der Waals surface area contributed by atoms with Crippen molar-refractivity contribution in [2.75, 3.05) is 5.33 Å². The highest BCUT2D eigenvalue weighted by atomic mass is 79.9. The topological polar surface area (TPSA) is 17.1 Å². The number of ketones is 1. The zero-order valence-corrected chi connectivity index (χ0v) is 12.5. The zero-order valence-electron chi connectivity index (χ0n) is 7.76. The van der Waals surface area contributed by atoms with E-state index in [1.807, 2.05) is 0 Å². The Kier molecular flexibility index (Phi) is 3.76. The van der Waals surface area contributed by atoms with Crippen molar-refractivity contribution in [3.05, 3.63) is 0 Å². The van der Waals surface area contributed by atoms with Gasteiger partial charge in [0, 0.05) is 5.33 Å². The van der Waals surface area contributed by atoms with Gasteiger partial charge in [0.05, 0.1) is 9.65 Å². The van der Waals surface area contributed by atoms with Crippen LogP contribution >= 0.6 is 47.8 Å². The molecular weight excluding hydrogens is 376 g/mol. The van der Waals surface area contributed by atoms with Crippen LogP contribution in [0.15, 0.2) is 0 Å². The van der Waals surface area contributed by atoms with E-state index in [-0.39, 0.29) is 9.65 Å². The van der Waals surface area contributed by atoms with Crippen molar-refractivity contribution < 1.29 is 4.79 Å². The Labute approximate surface area is 110 Å². The second-order valence-corrected chi connectivity index (χ2v) is 7.07. The number of alkyl halides is 3. The summed E-state index contributed by atoms with van der Waals surface area (Å²) < 4.78 is 0. The molecule has 14 heavy (non-hydrogen) atoms. The van der Waals surface area contributed by atoms with Crippen molar-refractivity contribution in [1.29, 1.82) is 0 Å². The molecule has 0 spiro atoms. The third kappa shape index (κ3) is 1.99. The summed E-state index contributed by atoms with van der Waals surface area (Å²) in [6.45, 7) is 0. The number of fused-ring (bicyclic) bond motifs is 2. The molecule has 1 nitrogen and oxygen atoms in total. The lowest BCUT2D eigenvalue weighted by molar-refractivity contribution is -0.122. The van der Waals surface area contributed by atoms with Crippen LogP contribution in [0.1, 0.15) is 19.3 Å². The van der Waals surface area contributed by atoms with Crippen LogP contribution in [0.4, 0.5) is 0 Å². The number of carbonyl (C=O) groups is 1. The lowest BCUT2D eigenvalue weighted by atomic mass is 9.68. The molecule has 0 aliphatic heterocycles. The maximum atomic E-state index is 11.8. The first-order valence-corrected chi connectivity index (χ1v) is 7.96. The molecule has 0 N–H and O–H groups in total. The van der Waals surface area contributed by atoms with E-state index in [1.165, 1.54) is 19.3 Å². The van der Waals surface area contributed by atoms with E-state index in [9.17, 15) is 4.79 Å². The third-order valence-electron chi connectivity index (χ3n) is 3.47. The summed E-state index contributed by atoms with van der Waals surface area (Å²) in [4.78, 5) is 12.0. The van der Waals surface area contributed by atoms with E-state index in [0.29, 0.717) is 17.6 Å². The predicted molar refractivity (Wildman–Crippen MR) is 68.6 cm³/mol. The summed E-state index contributed by atoms with van der Waals surface area (Å²) in [7, 11) is 0. The molecule has 2 bridgehead atoms. The Bertz CT molecular complexity index is 220. The van der Waals surface area contributed by atoms with E-state index < -0.39 is 0 Å². The summed E-state index contributed by atoms with van der Waals surface area (Å²) in [5, 5.41) is 1.08. The Morgan fingerprint density at radius 1 is 1.07 bits per heavy atom. The van der Waals surface area contributed by atoms with Gasteiger partial charge in [-0.1, -0.05) is 47.8 Å². The van der Waals surface area contributed by atoms with Crippen LogP contribution < -0.4 is 0 Å². The molecule has 0 saturated heterocycles. The lowest BCUT2D eigenvalue weighted by Crippen LogP contribution is -2.46. The molecule has 80 valence electrons. The highest BCUT2D eigenvalue weighted by Gasteiger charge is 2.45. The fourth-order valence-corrected chi connectivity index (χ4v) is 5.07. The SMILES string of the molecule is O=C1C(Br)C2CC(CBr)CC(C2)C1Br. The predicted octanol–water partition coefficient (Wildman–Crippen LogP) is 3.52. The molecule has 0 aromatic rings. The van der Waals surface area contributed by atoms with Gasteiger partial charge in [-0.05, 0) is 37.0 Å². The molecule has 2 fully saturated rings. The fraction of sp³-hybridized carbons (Fsp3) is 0.900. The minimum absolute atomic E-state index is 0.0879. The van der Waals surface area contributed by atoms with Gasteiger partial charge in [0.1, 0.15) is 0 Å². The normalized spacial score (nSPS) is 47.9. The number of hydrogen-bond donors (Lipinski definition) is 0. The van der Waals surface area contributed by atoms with Crippen molar-refractivity contribution in [3.63, 3.8) is 0 Å². The molecule has 4 atom stereocenters. The van der Waals surface area contributed by atoms with E-state index >= 15 is 0 Å². The Morgan fingerprint density at radius 3 is 2.00 bits per heavy atom. The van der Waals surface area contributed by atoms with E-state index in [1.54, 1.807) is 0 Å². The third-order valence-corrected chi connectivity index (χ3v) is 6.78. The number of carbonyl (C=O) groups excluding carboxylic acids is 1. The smallest absolute Gasteiger partial charge is 0.160 e. The van der Waals surface area contributed by atoms with Crippen molar-refractivity contribution >= 4 is 53.6 Å². The van der Waals surface area contributed by atoms with Gasteiger partial charge in [-0.25, -0.2) is 0 Å². The molecule has 4 heteroatoms. The summed E-state index contributed by atoms with van der Waals surface area (Å²) in [5.74, 6) is 2.25. The Hall–Kier alpha value is 1.11. The standard InChI is InChI=1S/C10H13Br3O/c11-4-5-1-6-3-7(2-5)9(13)10(14)8(6)12/h5-9H,1-4H2. The quantitative estimate of drug-likeness (QED) is 0.628.